The Morgan fingerprint density at radius 2 is 2.22 bits per heavy atom. The fourth-order valence-electron chi connectivity index (χ4n) is 1.50. The largest absolute Gasteiger partial charge is 0.369 e. The normalized spacial score (nSPS) is 12.1. The van der Waals surface area contributed by atoms with Crippen molar-refractivity contribution >= 4 is 5.91 Å². The standard InChI is InChI=1S/C12H23N5O/c1-9(2)6-17-10(15-8-16-17)5-14-7-12(3,4)11(13)18/h8-9,14H,5-7H2,1-4H3,(H2,13,18). The van der Waals surface area contributed by atoms with Gasteiger partial charge in [-0.15, -0.1) is 0 Å². The SMILES string of the molecule is CC(C)Cn1ncnc1CNCC(C)(C)C(N)=O. The molecule has 1 aromatic heterocycles. The summed E-state index contributed by atoms with van der Waals surface area (Å²) >= 11 is 0. The summed E-state index contributed by atoms with van der Waals surface area (Å²) in [7, 11) is 0. The molecule has 0 bridgehead atoms. The summed E-state index contributed by atoms with van der Waals surface area (Å²) in [4.78, 5) is 15.4. The van der Waals surface area contributed by atoms with Crippen LogP contribution in [0.4, 0.5) is 0 Å². The lowest BCUT2D eigenvalue weighted by atomic mass is 9.93. The highest BCUT2D eigenvalue weighted by molar-refractivity contribution is 5.80. The molecule has 0 spiro atoms. The number of rotatable bonds is 7. The summed E-state index contributed by atoms with van der Waals surface area (Å²) in [6.45, 7) is 9.86. The zero-order chi connectivity index (χ0) is 13.8. The molecule has 0 atom stereocenters. The molecule has 0 radical (unpaired) electrons. The zero-order valence-electron chi connectivity index (χ0n) is 11.6. The van der Waals surface area contributed by atoms with Crippen LogP contribution in [0.25, 0.3) is 0 Å². The van der Waals surface area contributed by atoms with E-state index >= 15 is 0 Å². The van der Waals surface area contributed by atoms with Crippen LogP contribution in [0.3, 0.4) is 0 Å². The molecule has 6 nitrogen and oxygen atoms in total. The summed E-state index contributed by atoms with van der Waals surface area (Å²) < 4.78 is 1.88. The smallest absolute Gasteiger partial charge is 0.224 e. The second-order valence-corrected chi connectivity index (χ2v) is 5.60. The molecular formula is C12H23N5O. The van der Waals surface area contributed by atoms with E-state index in [1.54, 1.807) is 6.33 Å². The average Bonchev–Trinajstić information content (AvgIpc) is 2.64. The van der Waals surface area contributed by atoms with Gasteiger partial charge < -0.3 is 11.1 Å². The fraction of sp³-hybridized carbons (Fsp3) is 0.750. The minimum Gasteiger partial charge on any atom is -0.369 e. The number of aromatic nitrogens is 3. The molecule has 18 heavy (non-hydrogen) atoms. The van der Waals surface area contributed by atoms with Crippen LogP contribution < -0.4 is 11.1 Å². The van der Waals surface area contributed by atoms with Gasteiger partial charge in [0, 0.05) is 13.1 Å². The molecule has 1 aromatic rings. The van der Waals surface area contributed by atoms with E-state index in [0.29, 0.717) is 19.0 Å². The molecule has 0 aliphatic heterocycles. The first-order valence-electron chi connectivity index (χ1n) is 6.20. The minimum absolute atomic E-state index is 0.307. The summed E-state index contributed by atoms with van der Waals surface area (Å²) in [6.07, 6.45) is 1.55. The highest BCUT2D eigenvalue weighted by atomic mass is 16.1. The summed E-state index contributed by atoms with van der Waals surface area (Å²) in [5, 5.41) is 7.38. The van der Waals surface area contributed by atoms with Crippen LogP contribution >= 0.6 is 0 Å². The quantitative estimate of drug-likeness (QED) is 0.742. The number of hydrogen-bond acceptors (Lipinski definition) is 4. The van der Waals surface area contributed by atoms with E-state index in [4.69, 9.17) is 5.73 Å². The Kier molecular flexibility index (Phi) is 4.84. The molecule has 1 heterocycles. The number of nitrogens with one attached hydrogen (secondary N) is 1. The van der Waals surface area contributed by atoms with E-state index in [9.17, 15) is 4.79 Å². The van der Waals surface area contributed by atoms with Gasteiger partial charge in [0.2, 0.25) is 5.91 Å². The molecule has 0 aliphatic carbocycles. The van der Waals surface area contributed by atoms with Crippen molar-refractivity contribution in [3.63, 3.8) is 0 Å². The average molecular weight is 253 g/mol. The Bertz CT molecular complexity index is 397. The first-order valence-corrected chi connectivity index (χ1v) is 6.20. The number of nitrogens with two attached hydrogens (primary N) is 1. The van der Waals surface area contributed by atoms with Crippen LogP contribution in [-0.2, 0) is 17.9 Å². The third-order valence-corrected chi connectivity index (χ3v) is 2.75. The predicted molar refractivity (Wildman–Crippen MR) is 69.5 cm³/mol. The zero-order valence-corrected chi connectivity index (χ0v) is 11.6. The molecular weight excluding hydrogens is 230 g/mol. The van der Waals surface area contributed by atoms with Gasteiger partial charge in [0.25, 0.3) is 0 Å². The van der Waals surface area contributed by atoms with Gasteiger partial charge in [-0.1, -0.05) is 13.8 Å². The van der Waals surface area contributed by atoms with E-state index in [2.05, 4.69) is 29.2 Å². The van der Waals surface area contributed by atoms with Crippen LogP contribution in [0.1, 0.15) is 33.5 Å². The minimum atomic E-state index is -0.553. The van der Waals surface area contributed by atoms with Crippen LogP contribution in [0, 0.1) is 11.3 Å². The van der Waals surface area contributed by atoms with Crippen molar-refractivity contribution in [1.29, 1.82) is 0 Å². The van der Waals surface area contributed by atoms with Gasteiger partial charge in [0.15, 0.2) is 0 Å². The molecule has 3 N–H and O–H groups in total. The van der Waals surface area contributed by atoms with E-state index in [1.165, 1.54) is 0 Å². The molecule has 0 aliphatic rings. The molecule has 0 aromatic carbocycles. The van der Waals surface area contributed by atoms with Crippen molar-refractivity contribution < 1.29 is 4.79 Å². The summed E-state index contributed by atoms with van der Waals surface area (Å²) in [5.74, 6) is 1.09. The number of hydrogen-bond donors (Lipinski definition) is 2. The number of primary amides is 1. The molecule has 0 fully saturated rings. The highest BCUT2D eigenvalue weighted by Gasteiger charge is 2.24. The van der Waals surface area contributed by atoms with E-state index < -0.39 is 5.41 Å². The Morgan fingerprint density at radius 1 is 1.56 bits per heavy atom. The molecule has 1 amide bonds. The van der Waals surface area contributed by atoms with Gasteiger partial charge in [0.1, 0.15) is 12.2 Å². The second-order valence-electron chi connectivity index (χ2n) is 5.60. The Labute approximate surface area is 108 Å². The Balaban J connectivity index is 2.49. The third kappa shape index (κ3) is 4.10. The summed E-state index contributed by atoms with van der Waals surface area (Å²) in [6, 6.07) is 0. The number of amides is 1. The van der Waals surface area contributed by atoms with Gasteiger partial charge >= 0.3 is 0 Å². The third-order valence-electron chi connectivity index (χ3n) is 2.75. The molecule has 0 saturated carbocycles. The predicted octanol–water partition coefficient (Wildman–Crippen LogP) is 0.535. The van der Waals surface area contributed by atoms with Crippen LogP contribution in [0.2, 0.25) is 0 Å². The molecule has 0 unspecified atom stereocenters. The van der Waals surface area contributed by atoms with Crippen LogP contribution in [0.15, 0.2) is 6.33 Å². The fourth-order valence-corrected chi connectivity index (χ4v) is 1.50. The molecule has 102 valence electrons. The maximum atomic E-state index is 11.2. The van der Waals surface area contributed by atoms with Crippen molar-refractivity contribution in [3.8, 4) is 0 Å². The Morgan fingerprint density at radius 3 is 2.78 bits per heavy atom. The maximum absolute atomic E-state index is 11.2. The number of nitrogens with zero attached hydrogens (tertiary/aromatic N) is 3. The van der Waals surface area contributed by atoms with Gasteiger partial charge in [-0.25, -0.2) is 9.67 Å². The van der Waals surface area contributed by atoms with E-state index in [-0.39, 0.29) is 5.91 Å². The lowest BCUT2D eigenvalue weighted by molar-refractivity contribution is -0.125. The topological polar surface area (TPSA) is 85.8 Å². The first-order chi connectivity index (χ1) is 8.33. The highest BCUT2D eigenvalue weighted by Crippen LogP contribution is 2.12. The van der Waals surface area contributed by atoms with Gasteiger partial charge in [-0.3, -0.25) is 4.79 Å². The molecule has 1 rings (SSSR count). The number of carbonyl (C=O) groups excluding carboxylic acids is 1. The first kappa shape index (κ1) is 14.6. The monoisotopic (exact) mass is 253 g/mol. The lowest BCUT2D eigenvalue weighted by Crippen LogP contribution is -2.40. The molecule has 6 heteroatoms. The van der Waals surface area contributed by atoms with Gasteiger partial charge in [-0.05, 0) is 19.8 Å². The maximum Gasteiger partial charge on any atom is 0.224 e. The number of carbonyl (C=O) groups is 1. The van der Waals surface area contributed by atoms with Gasteiger partial charge in [0.05, 0.1) is 12.0 Å². The van der Waals surface area contributed by atoms with E-state index in [0.717, 1.165) is 12.4 Å². The Hall–Kier alpha value is -1.43. The van der Waals surface area contributed by atoms with Crippen molar-refractivity contribution in [2.45, 2.75) is 40.8 Å². The van der Waals surface area contributed by atoms with Crippen molar-refractivity contribution in [3.05, 3.63) is 12.2 Å². The van der Waals surface area contributed by atoms with Crippen LogP contribution in [-0.4, -0.2) is 27.2 Å². The van der Waals surface area contributed by atoms with E-state index in [1.807, 2.05) is 18.5 Å². The van der Waals surface area contributed by atoms with Crippen molar-refractivity contribution in [2.24, 2.45) is 17.1 Å². The second kappa shape index (κ2) is 5.95. The molecule has 0 saturated heterocycles. The van der Waals surface area contributed by atoms with Crippen molar-refractivity contribution in [1.82, 2.24) is 20.1 Å². The lowest BCUT2D eigenvalue weighted by Gasteiger charge is -2.20. The summed E-state index contributed by atoms with van der Waals surface area (Å²) in [5.41, 5.74) is 4.76. The van der Waals surface area contributed by atoms with Crippen molar-refractivity contribution in [2.75, 3.05) is 6.54 Å². The van der Waals surface area contributed by atoms with Gasteiger partial charge in [-0.2, -0.15) is 5.10 Å². The van der Waals surface area contributed by atoms with Crippen LogP contribution in [0.5, 0.6) is 0 Å².